The van der Waals surface area contributed by atoms with Gasteiger partial charge in [-0.3, -0.25) is 4.68 Å². The molecule has 0 atom stereocenters. The van der Waals surface area contributed by atoms with Crippen molar-refractivity contribution in [2.75, 3.05) is 5.32 Å². The van der Waals surface area contributed by atoms with Crippen LogP contribution in [0.5, 0.6) is 0 Å². The van der Waals surface area contributed by atoms with E-state index in [4.69, 9.17) is 0 Å². The maximum absolute atomic E-state index is 13.0. The third kappa shape index (κ3) is 2.84. The van der Waals surface area contributed by atoms with Crippen LogP contribution in [0.4, 0.5) is 10.2 Å². The normalized spacial score (nSPS) is 10.5. The number of benzene rings is 1. The lowest BCUT2D eigenvalue weighted by molar-refractivity contribution is 0.625. The minimum absolute atomic E-state index is 0.208. The molecule has 0 saturated carbocycles. The fourth-order valence-corrected chi connectivity index (χ4v) is 1.69. The summed E-state index contributed by atoms with van der Waals surface area (Å²) >= 11 is 0. The molecule has 1 aromatic heterocycles. The molecule has 2 aromatic rings. The third-order valence-electron chi connectivity index (χ3n) is 2.62. The van der Waals surface area contributed by atoms with Crippen LogP contribution in [-0.2, 0) is 13.1 Å². The molecule has 0 saturated heterocycles. The first-order valence-corrected chi connectivity index (χ1v) is 5.71. The van der Waals surface area contributed by atoms with Crippen LogP contribution in [0.25, 0.3) is 0 Å². The molecule has 17 heavy (non-hydrogen) atoms. The molecular formula is C13H16FN3. The maximum Gasteiger partial charge on any atom is 0.151 e. The van der Waals surface area contributed by atoms with Gasteiger partial charge in [0.1, 0.15) is 5.82 Å². The van der Waals surface area contributed by atoms with Crippen molar-refractivity contribution < 1.29 is 4.39 Å². The van der Waals surface area contributed by atoms with Gasteiger partial charge in [0.05, 0.1) is 0 Å². The fraction of sp³-hybridized carbons (Fsp3) is 0.308. The van der Waals surface area contributed by atoms with Crippen molar-refractivity contribution in [2.45, 2.75) is 26.9 Å². The Hall–Kier alpha value is -1.84. The van der Waals surface area contributed by atoms with Crippen molar-refractivity contribution in [2.24, 2.45) is 0 Å². The van der Waals surface area contributed by atoms with E-state index in [1.807, 2.05) is 30.8 Å². The largest absolute Gasteiger partial charge is 0.364 e. The summed E-state index contributed by atoms with van der Waals surface area (Å²) < 4.78 is 14.9. The van der Waals surface area contributed by atoms with Gasteiger partial charge in [0.15, 0.2) is 5.82 Å². The number of rotatable bonds is 4. The Bertz CT molecular complexity index is 505. The van der Waals surface area contributed by atoms with Crippen LogP contribution in [-0.4, -0.2) is 9.78 Å². The predicted octanol–water partition coefficient (Wildman–Crippen LogP) is 2.96. The van der Waals surface area contributed by atoms with Crippen LogP contribution >= 0.6 is 0 Å². The fourth-order valence-electron chi connectivity index (χ4n) is 1.69. The molecule has 0 amide bonds. The average Bonchev–Trinajstić information content (AvgIpc) is 2.68. The van der Waals surface area contributed by atoms with Crippen LogP contribution in [0.15, 0.2) is 30.5 Å². The van der Waals surface area contributed by atoms with Crippen molar-refractivity contribution in [3.63, 3.8) is 0 Å². The SMILES string of the molecule is CCn1cc(C)c(NCc2cccc(F)c2)n1. The van der Waals surface area contributed by atoms with Crippen LogP contribution < -0.4 is 5.32 Å². The van der Waals surface area contributed by atoms with E-state index in [2.05, 4.69) is 10.4 Å². The molecular weight excluding hydrogens is 217 g/mol. The van der Waals surface area contributed by atoms with Gasteiger partial charge in [0, 0.05) is 24.8 Å². The highest BCUT2D eigenvalue weighted by Gasteiger charge is 2.03. The van der Waals surface area contributed by atoms with Crippen molar-refractivity contribution >= 4 is 5.82 Å². The van der Waals surface area contributed by atoms with Crippen molar-refractivity contribution in [3.8, 4) is 0 Å². The Labute approximate surface area is 100 Å². The molecule has 1 N–H and O–H groups in total. The number of halogens is 1. The Kier molecular flexibility index (Phi) is 3.42. The highest BCUT2D eigenvalue weighted by Crippen LogP contribution is 2.13. The first-order chi connectivity index (χ1) is 8.19. The van der Waals surface area contributed by atoms with Gasteiger partial charge in [-0.2, -0.15) is 5.10 Å². The summed E-state index contributed by atoms with van der Waals surface area (Å²) in [7, 11) is 0. The number of anilines is 1. The monoisotopic (exact) mass is 233 g/mol. The molecule has 0 aliphatic heterocycles. The molecule has 2 rings (SSSR count). The number of aromatic nitrogens is 2. The van der Waals surface area contributed by atoms with Gasteiger partial charge in [-0.05, 0) is 31.5 Å². The highest BCUT2D eigenvalue weighted by molar-refractivity contribution is 5.42. The summed E-state index contributed by atoms with van der Waals surface area (Å²) in [6.07, 6.45) is 1.99. The first-order valence-electron chi connectivity index (χ1n) is 5.71. The van der Waals surface area contributed by atoms with Gasteiger partial charge in [-0.15, -0.1) is 0 Å². The van der Waals surface area contributed by atoms with E-state index >= 15 is 0 Å². The lowest BCUT2D eigenvalue weighted by Crippen LogP contribution is -2.02. The van der Waals surface area contributed by atoms with E-state index in [9.17, 15) is 4.39 Å². The summed E-state index contributed by atoms with van der Waals surface area (Å²) in [5.74, 6) is 0.649. The van der Waals surface area contributed by atoms with Gasteiger partial charge in [0.25, 0.3) is 0 Å². The first kappa shape index (κ1) is 11.6. The van der Waals surface area contributed by atoms with Crippen LogP contribution in [0, 0.1) is 12.7 Å². The molecule has 0 bridgehead atoms. The summed E-state index contributed by atoms with van der Waals surface area (Å²) in [5.41, 5.74) is 2.01. The molecule has 1 aromatic carbocycles. The van der Waals surface area contributed by atoms with E-state index in [1.54, 1.807) is 6.07 Å². The van der Waals surface area contributed by atoms with Crippen molar-refractivity contribution in [1.82, 2.24) is 9.78 Å². The minimum atomic E-state index is -0.208. The summed E-state index contributed by atoms with van der Waals surface area (Å²) in [6.45, 7) is 5.48. The molecule has 90 valence electrons. The molecule has 0 spiro atoms. The quantitative estimate of drug-likeness (QED) is 0.879. The van der Waals surface area contributed by atoms with Crippen LogP contribution in [0.2, 0.25) is 0 Å². The summed E-state index contributed by atoms with van der Waals surface area (Å²) in [6, 6.07) is 6.58. The van der Waals surface area contributed by atoms with E-state index in [0.29, 0.717) is 6.54 Å². The topological polar surface area (TPSA) is 29.9 Å². The molecule has 0 unspecified atom stereocenters. The molecule has 0 aliphatic rings. The molecule has 3 nitrogen and oxygen atoms in total. The standard InChI is InChI=1S/C13H16FN3/c1-3-17-9-10(2)13(16-17)15-8-11-5-4-6-12(14)7-11/h4-7,9H,3,8H2,1-2H3,(H,15,16). The lowest BCUT2D eigenvalue weighted by Gasteiger charge is -2.04. The number of hydrogen-bond acceptors (Lipinski definition) is 2. The highest BCUT2D eigenvalue weighted by atomic mass is 19.1. The van der Waals surface area contributed by atoms with E-state index in [1.165, 1.54) is 12.1 Å². The Morgan fingerprint density at radius 2 is 2.24 bits per heavy atom. The number of nitrogens with zero attached hydrogens (tertiary/aromatic N) is 2. The molecule has 4 heteroatoms. The second-order valence-electron chi connectivity index (χ2n) is 4.00. The van der Waals surface area contributed by atoms with Gasteiger partial charge in [0.2, 0.25) is 0 Å². The van der Waals surface area contributed by atoms with E-state index < -0.39 is 0 Å². The summed E-state index contributed by atoms with van der Waals surface area (Å²) in [4.78, 5) is 0. The second-order valence-corrected chi connectivity index (χ2v) is 4.00. The average molecular weight is 233 g/mol. The number of hydrogen-bond donors (Lipinski definition) is 1. The predicted molar refractivity (Wildman–Crippen MR) is 66.4 cm³/mol. The Morgan fingerprint density at radius 3 is 2.88 bits per heavy atom. The zero-order chi connectivity index (χ0) is 12.3. The van der Waals surface area contributed by atoms with Gasteiger partial charge in [-0.25, -0.2) is 4.39 Å². The second kappa shape index (κ2) is 4.99. The molecule has 0 aliphatic carbocycles. The maximum atomic E-state index is 13.0. The number of aryl methyl sites for hydroxylation is 2. The molecule has 1 heterocycles. The van der Waals surface area contributed by atoms with Crippen molar-refractivity contribution in [3.05, 3.63) is 47.4 Å². The van der Waals surface area contributed by atoms with E-state index in [-0.39, 0.29) is 5.82 Å². The Morgan fingerprint density at radius 1 is 1.41 bits per heavy atom. The third-order valence-corrected chi connectivity index (χ3v) is 2.62. The van der Waals surface area contributed by atoms with Crippen molar-refractivity contribution in [1.29, 1.82) is 0 Å². The number of nitrogens with one attached hydrogen (secondary N) is 1. The minimum Gasteiger partial charge on any atom is -0.364 e. The zero-order valence-corrected chi connectivity index (χ0v) is 10.1. The summed E-state index contributed by atoms with van der Waals surface area (Å²) in [5, 5.41) is 7.59. The molecule has 0 radical (unpaired) electrons. The van der Waals surface area contributed by atoms with E-state index in [0.717, 1.165) is 23.5 Å². The van der Waals surface area contributed by atoms with Crippen LogP contribution in [0.3, 0.4) is 0 Å². The lowest BCUT2D eigenvalue weighted by atomic mass is 10.2. The van der Waals surface area contributed by atoms with Crippen LogP contribution in [0.1, 0.15) is 18.1 Å². The zero-order valence-electron chi connectivity index (χ0n) is 10.1. The Balaban J connectivity index is 2.04. The van der Waals surface area contributed by atoms with Gasteiger partial charge < -0.3 is 5.32 Å². The smallest absolute Gasteiger partial charge is 0.151 e. The van der Waals surface area contributed by atoms with Gasteiger partial charge in [-0.1, -0.05) is 12.1 Å². The van der Waals surface area contributed by atoms with Gasteiger partial charge >= 0.3 is 0 Å². The molecule has 0 fully saturated rings.